The van der Waals surface area contributed by atoms with E-state index >= 15 is 0 Å². The van der Waals surface area contributed by atoms with Crippen molar-refractivity contribution >= 4 is 0 Å². The molecule has 2 aromatic carbocycles. The topological polar surface area (TPSA) is 16.8 Å². The molecule has 0 unspecified atom stereocenters. The molecule has 0 amide bonds. The summed E-state index contributed by atoms with van der Waals surface area (Å²) in [6.45, 7) is 6.49. The van der Waals surface area contributed by atoms with E-state index in [1.54, 1.807) is 0 Å². The number of nitrogens with zero attached hydrogens (tertiary/aromatic N) is 2. The molecule has 1 aliphatic rings. The van der Waals surface area contributed by atoms with Crippen molar-refractivity contribution in [1.29, 1.82) is 0 Å². The number of fused-ring (bicyclic) bond motifs is 3. The van der Waals surface area contributed by atoms with E-state index in [2.05, 4.69) is 68.8 Å². The predicted octanol–water partition coefficient (Wildman–Crippen LogP) is 4.07. The molecule has 1 heterocycles. The van der Waals surface area contributed by atoms with Gasteiger partial charge in [-0.05, 0) is 49.0 Å². The van der Waals surface area contributed by atoms with Crippen LogP contribution < -0.4 is 4.57 Å². The Kier molecular flexibility index (Phi) is 3.08. The highest BCUT2D eigenvalue weighted by Crippen LogP contribution is 2.39. The molecule has 0 bridgehead atoms. The summed E-state index contributed by atoms with van der Waals surface area (Å²) in [4.78, 5) is 4.74. The van der Waals surface area contributed by atoms with Gasteiger partial charge in [-0.1, -0.05) is 35.4 Å². The second-order valence-electron chi connectivity index (χ2n) is 6.69. The first-order chi connectivity index (χ1) is 11.0. The average Bonchev–Trinajstić information content (AvgIpc) is 2.88. The summed E-state index contributed by atoms with van der Waals surface area (Å²) in [5.41, 5.74) is 11.7. The normalized spacial score (nSPS) is 12.2. The van der Waals surface area contributed by atoms with Crippen LogP contribution in [-0.2, 0) is 13.5 Å². The first-order valence-corrected chi connectivity index (χ1v) is 8.09. The molecular formula is C21H21N2+. The minimum Gasteiger partial charge on any atom is -0.232 e. The van der Waals surface area contributed by atoms with Crippen LogP contribution >= 0.6 is 0 Å². The minimum absolute atomic E-state index is 0.968. The van der Waals surface area contributed by atoms with Gasteiger partial charge >= 0.3 is 0 Å². The number of benzene rings is 2. The SMILES string of the molecule is Cc1ccc(C)c(-c2c3c(nc[n+]2C)-c2cc(C)ccc2C3)c1. The number of hydrogen-bond acceptors (Lipinski definition) is 1. The average molecular weight is 301 g/mol. The van der Waals surface area contributed by atoms with Crippen molar-refractivity contribution in [3.8, 4) is 22.5 Å². The van der Waals surface area contributed by atoms with Crippen LogP contribution in [0.2, 0.25) is 0 Å². The molecule has 0 N–H and O–H groups in total. The Morgan fingerprint density at radius 3 is 2.39 bits per heavy atom. The van der Waals surface area contributed by atoms with Crippen LogP contribution in [0.4, 0.5) is 0 Å². The summed E-state index contributed by atoms with van der Waals surface area (Å²) in [6, 6.07) is 13.4. The fourth-order valence-corrected chi connectivity index (χ4v) is 3.60. The minimum atomic E-state index is 0.968. The Balaban J connectivity index is 2.01. The summed E-state index contributed by atoms with van der Waals surface area (Å²) >= 11 is 0. The highest BCUT2D eigenvalue weighted by Gasteiger charge is 2.30. The quantitative estimate of drug-likeness (QED) is 0.484. The second kappa shape index (κ2) is 5.02. The molecule has 0 fully saturated rings. The molecule has 0 spiro atoms. The molecule has 0 aliphatic heterocycles. The van der Waals surface area contributed by atoms with Crippen molar-refractivity contribution in [2.24, 2.45) is 7.05 Å². The van der Waals surface area contributed by atoms with Crippen LogP contribution in [0.1, 0.15) is 27.8 Å². The van der Waals surface area contributed by atoms with Gasteiger partial charge in [0.25, 0.3) is 6.33 Å². The van der Waals surface area contributed by atoms with Gasteiger partial charge in [0.05, 0.1) is 12.6 Å². The third-order valence-electron chi connectivity index (χ3n) is 4.82. The number of rotatable bonds is 1. The standard InChI is InChI=1S/C21H21N2/c1-13-5-7-15(3)17(9-13)21-19-11-16-8-6-14(2)10-18(16)20(19)22-12-23(21)4/h5-10,12H,11H2,1-4H3/q+1. The maximum absolute atomic E-state index is 4.74. The van der Waals surface area contributed by atoms with E-state index in [9.17, 15) is 0 Å². The fraction of sp³-hybridized carbons (Fsp3) is 0.238. The van der Waals surface area contributed by atoms with Gasteiger partial charge in [0.1, 0.15) is 5.69 Å². The predicted molar refractivity (Wildman–Crippen MR) is 93.3 cm³/mol. The Morgan fingerprint density at radius 2 is 1.61 bits per heavy atom. The largest absolute Gasteiger partial charge is 0.287 e. The summed E-state index contributed by atoms with van der Waals surface area (Å²) in [7, 11) is 2.10. The van der Waals surface area contributed by atoms with E-state index in [0.29, 0.717) is 0 Å². The van der Waals surface area contributed by atoms with Crippen LogP contribution in [0.15, 0.2) is 42.7 Å². The van der Waals surface area contributed by atoms with Gasteiger partial charge in [0, 0.05) is 17.5 Å². The Labute approximate surface area is 137 Å². The molecule has 0 radical (unpaired) electrons. The van der Waals surface area contributed by atoms with Crippen molar-refractivity contribution in [3.63, 3.8) is 0 Å². The smallest absolute Gasteiger partial charge is 0.232 e. The van der Waals surface area contributed by atoms with Crippen molar-refractivity contribution in [1.82, 2.24) is 4.98 Å². The maximum Gasteiger partial charge on any atom is 0.287 e. The van der Waals surface area contributed by atoms with Crippen LogP contribution in [0.25, 0.3) is 22.5 Å². The lowest BCUT2D eigenvalue weighted by Gasteiger charge is -2.10. The van der Waals surface area contributed by atoms with Crippen LogP contribution in [0.3, 0.4) is 0 Å². The first-order valence-electron chi connectivity index (χ1n) is 8.09. The van der Waals surface area contributed by atoms with Crippen molar-refractivity contribution in [3.05, 3.63) is 70.5 Å². The van der Waals surface area contributed by atoms with Gasteiger partial charge in [0.15, 0.2) is 5.69 Å². The third-order valence-corrected chi connectivity index (χ3v) is 4.82. The first kappa shape index (κ1) is 14.1. The number of aryl methyl sites for hydroxylation is 4. The number of hydrogen-bond donors (Lipinski definition) is 0. The molecule has 1 aromatic heterocycles. The van der Waals surface area contributed by atoms with Gasteiger partial charge in [-0.2, -0.15) is 0 Å². The molecule has 0 saturated heterocycles. The van der Waals surface area contributed by atoms with E-state index < -0.39 is 0 Å². The van der Waals surface area contributed by atoms with Gasteiger partial charge in [-0.25, -0.2) is 4.57 Å². The molecule has 0 saturated carbocycles. The third kappa shape index (κ3) is 2.17. The van der Waals surface area contributed by atoms with Gasteiger partial charge < -0.3 is 0 Å². The lowest BCUT2D eigenvalue weighted by Crippen LogP contribution is -2.33. The van der Waals surface area contributed by atoms with E-state index in [-0.39, 0.29) is 0 Å². The molecule has 0 atom stereocenters. The van der Waals surface area contributed by atoms with Gasteiger partial charge in [0.2, 0.25) is 0 Å². The summed E-state index contributed by atoms with van der Waals surface area (Å²) in [6.07, 6.45) is 2.92. The zero-order valence-electron chi connectivity index (χ0n) is 14.1. The molecule has 2 heteroatoms. The highest BCUT2D eigenvalue weighted by atomic mass is 15.0. The molecule has 114 valence electrons. The number of aromatic nitrogens is 2. The van der Waals surface area contributed by atoms with E-state index in [1.807, 2.05) is 6.33 Å². The van der Waals surface area contributed by atoms with E-state index in [1.165, 1.54) is 44.6 Å². The molecule has 1 aliphatic carbocycles. The zero-order chi connectivity index (χ0) is 16.1. The van der Waals surface area contributed by atoms with Gasteiger partial charge in [-0.15, -0.1) is 0 Å². The Bertz CT molecular complexity index is 939. The van der Waals surface area contributed by atoms with Crippen molar-refractivity contribution < 1.29 is 4.57 Å². The molecule has 2 nitrogen and oxygen atoms in total. The molecular weight excluding hydrogens is 280 g/mol. The lowest BCUT2D eigenvalue weighted by atomic mass is 9.98. The van der Waals surface area contributed by atoms with Crippen LogP contribution in [0, 0.1) is 20.8 Å². The van der Waals surface area contributed by atoms with E-state index in [4.69, 9.17) is 4.98 Å². The molecule has 4 rings (SSSR count). The molecule has 3 aromatic rings. The summed E-state index contributed by atoms with van der Waals surface area (Å²) in [5, 5.41) is 0. The lowest BCUT2D eigenvalue weighted by molar-refractivity contribution is -0.663. The van der Waals surface area contributed by atoms with Crippen LogP contribution in [0.5, 0.6) is 0 Å². The molecule has 23 heavy (non-hydrogen) atoms. The highest BCUT2D eigenvalue weighted by molar-refractivity contribution is 5.80. The Hall–Kier alpha value is -2.48. The van der Waals surface area contributed by atoms with E-state index in [0.717, 1.165) is 12.1 Å². The fourth-order valence-electron chi connectivity index (χ4n) is 3.60. The van der Waals surface area contributed by atoms with Crippen LogP contribution in [-0.4, -0.2) is 4.98 Å². The monoisotopic (exact) mass is 301 g/mol. The maximum atomic E-state index is 4.74. The summed E-state index contributed by atoms with van der Waals surface area (Å²) < 4.78 is 2.17. The summed E-state index contributed by atoms with van der Waals surface area (Å²) in [5.74, 6) is 0. The second-order valence-corrected chi connectivity index (χ2v) is 6.69. The Morgan fingerprint density at radius 1 is 0.913 bits per heavy atom. The van der Waals surface area contributed by atoms with Gasteiger partial charge in [-0.3, -0.25) is 0 Å². The van der Waals surface area contributed by atoms with Crippen molar-refractivity contribution in [2.75, 3.05) is 0 Å². The zero-order valence-corrected chi connectivity index (χ0v) is 14.1. The van der Waals surface area contributed by atoms with Crippen molar-refractivity contribution in [2.45, 2.75) is 27.2 Å².